The number of nitrogens with one attached hydrogen (secondary N) is 2. The van der Waals surface area contributed by atoms with E-state index in [4.69, 9.17) is 11.6 Å². The highest BCUT2D eigenvalue weighted by Crippen LogP contribution is 2.24. The largest absolute Gasteiger partial charge is 0.328 e. The van der Waals surface area contributed by atoms with Crippen molar-refractivity contribution >= 4 is 49.9 Å². The van der Waals surface area contributed by atoms with Gasteiger partial charge in [-0.25, -0.2) is 13.2 Å². The molecule has 27 heavy (non-hydrogen) atoms. The maximum absolute atomic E-state index is 12.5. The van der Waals surface area contributed by atoms with E-state index in [1.165, 1.54) is 27.3 Å². The van der Waals surface area contributed by atoms with Crippen molar-refractivity contribution in [3.63, 3.8) is 0 Å². The van der Waals surface area contributed by atoms with E-state index in [2.05, 4.69) is 10.0 Å². The van der Waals surface area contributed by atoms with Crippen LogP contribution >= 0.6 is 11.6 Å². The molecule has 0 unspecified atom stereocenters. The summed E-state index contributed by atoms with van der Waals surface area (Å²) in [5.74, 6) is -0.453. The molecule has 0 aliphatic heterocycles. The molecule has 2 N–H and O–H groups in total. The molecule has 2 aromatic carbocycles. The first kappa shape index (κ1) is 19.0. The highest BCUT2D eigenvalue weighted by atomic mass is 35.5. The van der Waals surface area contributed by atoms with Crippen molar-refractivity contribution in [3.05, 3.63) is 57.5 Å². The predicted octanol–water partition coefficient (Wildman–Crippen LogP) is 2.15. The van der Waals surface area contributed by atoms with Crippen LogP contribution in [0, 0.1) is 0 Å². The Morgan fingerprint density at radius 3 is 2.26 bits per heavy atom. The fourth-order valence-electron chi connectivity index (χ4n) is 2.76. The van der Waals surface area contributed by atoms with Crippen molar-refractivity contribution in [3.8, 4) is 0 Å². The van der Waals surface area contributed by atoms with Crippen LogP contribution in [0.3, 0.4) is 0 Å². The maximum atomic E-state index is 12.5. The number of halogens is 1. The number of hydrogen-bond donors (Lipinski definition) is 2. The molecular weight excluding hydrogens is 392 g/mol. The normalized spacial score (nSPS) is 11.6. The number of aryl methyl sites for hydroxylation is 2. The molecule has 10 heteroatoms. The first-order chi connectivity index (χ1) is 12.6. The van der Waals surface area contributed by atoms with Crippen molar-refractivity contribution in [1.29, 1.82) is 0 Å². The number of carbonyl (C=O) groups excluding carboxylic acids is 1. The molecule has 0 saturated carbocycles. The zero-order valence-corrected chi connectivity index (χ0v) is 16.4. The molecular formula is C17H17ClN4O4S. The number of rotatable bonds is 4. The lowest BCUT2D eigenvalue weighted by Gasteiger charge is -2.09. The third-order valence-corrected chi connectivity index (χ3v) is 4.97. The summed E-state index contributed by atoms with van der Waals surface area (Å²) in [5, 5.41) is 2.83. The number of hydrogen-bond acceptors (Lipinski definition) is 4. The van der Waals surface area contributed by atoms with Gasteiger partial charge in [-0.1, -0.05) is 11.6 Å². The van der Waals surface area contributed by atoms with Gasteiger partial charge in [0.1, 0.15) is 0 Å². The van der Waals surface area contributed by atoms with E-state index in [1.807, 2.05) is 0 Å². The van der Waals surface area contributed by atoms with E-state index in [0.717, 1.165) is 11.8 Å². The number of nitrogens with zero attached hydrogens (tertiary/aromatic N) is 2. The topological polar surface area (TPSA) is 102 Å². The summed E-state index contributed by atoms with van der Waals surface area (Å²) in [7, 11) is -0.112. The molecule has 0 atom stereocenters. The fourth-order valence-corrected chi connectivity index (χ4v) is 3.58. The third-order valence-electron chi connectivity index (χ3n) is 4.05. The van der Waals surface area contributed by atoms with Crippen LogP contribution in [0.4, 0.5) is 11.4 Å². The van der Waals surface area contributed by atoms with Crippen molar-refractivity contribution in [2.45, 2.75) is 0 Å². The molecule has 0 radical (unpaired) electrons. The van der Waals surface area contributed by atoms with E-state index < -0.39 is 15.9 Å². The van der Waals surface area contributed by atoms with Gasteiger partial charge in [0, 0.05) is 25.5 Å². The van der Waals surface area contributed by atoms with E-state index in [1.54, 1.807) is 32.3 Å². The van der Waals surface area contributed by atoms with Crippen LogP contribution < -0.4 is 15.7 Å². The van der Waals surface area contributed by atoms with Crippen LogP contribution in [-0.2, 0) is 24.1 Å². The van der Waals surface area contributed by atoms with Gasteiger partial charge >= 0.3 is 5.69 Å². The van der Waals surface area contributed by atoms with Gasteiger partial charge in [-0.05, 0) is 36.4 Å². The Kier molecular flexibility index (Phi) is 4.75. The second-order valence-corrected chi connectivity index (χ2v) is 8.28. The third kappa shape index (κ3) is 3.83. The highest BCUT2D eigenvalue weighted by Gasteiger charge is 2.14. The first-order valence-electron chi connectivity index (χ1n) is 7.81. The number of amides is 1. The van der Waals surface area contributed by atoms with Crippen LogP contribution in [-0.4, -0.2) is 29.7 Å². The Balaban J connectivity index is 1.88. The quantitative estimate of drug-likeness (QED) is 0.690. The van der Waals surface area contributed by atoms with Gasteiger partial charge in [-0.3, -0.25) is 18.7 Å². The molecule has 0 fully saturated rings. The Labute approximate surface area is 160 Å². The molecule has 0 aliphatic carbocycles. The standard InChI is InChI=1S/C17H17ClN4O4S/c1-21-14-7-5-10(9-15(14)22(2)17(21)24)19-16(23)12-6-4-11(8-13(12)18)20-27(3,25)26/h4-9,20H,1-3H3,(H,19,23). The van der Waals surface area contributed by atoms with E-state index in [0.29, 0.717) is 11.2 Å². The summed E-state index contributed by atoms with van der Waals surface area (Å²) in [4.78, 5) is 24.5. The zero-order chi connectivity index (χ0) is 19.9. The highest BCUT2D eigenvalue weighted by molar-refractivity contribution is 7.92. The van der Waals surface area contributed by atoms with Crippen molar-refractivity contribution in [2.75, 3.05) is 16.3 Å². The Hall–Kier alpha value is -2.78. The predicted molar refractivity (Wildman–Crippen MR) is 106 cm³/mol. The van der Waals surface area contributed by atoms with E-state index in [-0.39, 0.29) is 22.0 Å². The minimum atomic E-state index is -3.44. The van der Waals surface area contributed by atoms with Crippen LogP contribution in [0.25, 0.3) is 11.0 Å². The summed E-state index contributed by atoms with van der Waals surface area (Å²) in [6, 6.07) is 9.37. The monoisotopic (exact) mass is 408 g/mol. The Morgan fingerprint density at radius 1 is 1.00 bits per heavy atom. The van der Waals surface area contributed by atoms with Gasteiger partial charge in [-0.15, -0.1) is 0 Å². The lowest BCUT2D eigenvalue weighted by molar-refractivity contribution is 0.102. The minimum Gasteiger partial charge on any atom is -0.322 e. The van der Waals surface area contributed by atoms with E-state index in [9.17, 15) is 18.0 Å². The molecule has 0 spiro atoms. The molecule has 0 aliphatic rings. The molecule has 0 saturated heterocycles. The number of sulfonamides is 1. The van der Waals surface area contributed by atoms with Gasteiger partial charge in [0.25, 0.3) is 5.91 Å². The van der Waals surface area contributed by atoms with Crippen molar-refractivity contribution in [1.82, 2.24) is 9.13 Å². The first-order valence-corrected chi connectivity index (χ1v) is 10.1. The van der Waals surface area contributed by atoms with E-state index >= 15 is 0 Å². The Bertz CT molecular complexity index is 1230. The number of anilines is 2. The van der Waals surface area contributed by atoms with Crippen LogP contribution in [0.1, 0.15) is 10.4 Å². The minimum absolute atomic E-state index is 0.106. The second kappa shape index (κ2) is 6.75. The average Bonchev–Trinajstić information content (AvgIpc) is 2.78. The molecule has 3 aromatic rings. The Morgan fingerprint density at radius 2 is 1.63 bits per heavy atom. The summed E-state index contributed by atoms with van der Waals surface area (Å²) in [6.45, 7) is 0. The number of carbonyl (C=O) groups is 1. The molecule has 1 aromatic heterocycles. The van der Waals surface area contributed by atoms with Gasteiger partial charge in [0.2, 0.25) is 10.0 Å². The number of benzene rings is 2. The van der Waals surface area contributed by atoms with Crippen LogP contribution in [0.5, 0.6) is 0 Å². The number of fused-ring (bicyclic) bond motifs is 1. The summed E-state index contributed by atoms with van der Waals surface area (Å²) >= 11 is 6.12. The summed E-state index contributed by atoms with van der Waals surface area (Å²) in [6.07, 6.45) is 1.02. The molecule has 1 heterocycles. The number of imidazole rings is 1. The van der Waals surface area contributed by atoms with Gasteiger partial charge in [0.05, 0.1) is 27.9 Å². The molecule has 0 bridgehead atoms. The van der Waals surface area contributed by atoms with Gasteiger partial charge in [0.15, 0.2) is 0 Å². The lowest BCUT2D eigenvalue weighted by atomic mass is 10.2. The molecule has 3 rings (SSSR count). The zero-order valence-electron chi connectivity index (χ0n) is 14.8. The summed E-state index contributed by atoms with van der Waals surface area (Å²) < 4.78 is 27.8. The second-order valence-electron chi connectivity index (χ2n) is 6.13. The van der Waals surface area contributed by atoms with Crippen LogP contribution in [0.2, 0.25) is 5.02 Å². The van der Waals surface area contributed by atoms with Crippen molar-refractivity contribution < 1.29 is 13.2 Å². The maximum Gasteiger partial charge on any atom is 0.328 e. The molecule has 8 nitrogen and oxygen atoms in total. The smallest absolute Gasteiger partial charge is 0.322 e. The van der Waals surface area contributed by atoms with Crippen LogP contribution in [0.15, 0.2) is 41.2 Å². The van der Waals surface area contributed by atoms with Gasteiger partial charge < -0.3 is 5.32 Å². The lowest BCUT2D eigenvalue weighted by Crippen LogP contribution is -2.19. The SMILES string of the molecule is Cn1c(=O)n(C)c2cc(NC(=O)c3ccc(NS(C)(=O)=O)cc3Cl)ccc21. The van der Waals surface area contributed by atoms with Crippen molar-refractivity contribution in [2.24, 2.45) is 14.1 Å². The summed E-state index contributed by atoms with van der Waals surface area (Å²) in [5.41, 5.74) is 2.22. The molecule has 1 amide bonds. The fraction of sp³-hybridized carbons (Fsp3) is 0.176. The molecule has 142 valence electrons. The number of aromatic nitrogens is 2. The van der Waals surface area contributed by atoms with Gasteiger partial charge in [-0.2, -0.15) is 0 Å². The average molecular weight is 409 g/mol.